The van der Waals surface area contributed by atoms with Crippen LogP contribution in [0.15, 0.2) is 48.5 Å². The molecule has 2 amide bonds. The summed E-state index contributed by atoms with van der Waals surface area (Å²) in [5, 5.41) is 3.27. The molecule has 0 spiro atoms. The Kier molecular flexibility index (Phi) is 10.0. The topological polar surface area (TPSA) is 86.8 Å². The largest absolute Gasteiger partial charge is 0.354 e. The molecule has 0 saturated heterocycles. The molecule has 2 aromatic rings. The van der Waals surface area contributed by atoms with Gasteiger partial charge in [0.25, 0.3) is 0 Å². The molecule has 0 radical (unpaired) electrons. The molecule has 0 aromatic heterocycles. The van der Waals surface area contributed by atoms with Gasteiger partial charge in [-0.05, 0) is 37.1 Å². The summed E-state index contributed by atoms with van der Waals surface area (Å²) < 4.78 is 26.0. The molecule has 1 atom stereocenters. The lowest BCUT2D eigenvalue weighted by atomic mass is 10.1. The van der Waals surface area contributed by atoms with Crippen molar-refractivity contribution in [3.05, 3.63) is 64.1 Å². The third kappa shape index (κ3) is 7.91. The number of anilines is 1. The molecule has 33 heavy (non-hydrogen) atoms. The fourth-order valence-electron chi connectivity index (χ4n) is 3.18. The van der Waals surface area contributed by atoms with Gasteiger partial charge in [-0.1, -0.05) is 66.9 Å². The van der Waals surface area contributed by atoms with E-state index in [4.69, 9.17) is 23.2 Å². The van der Waals surface area contributed by atoms with Crippen molar-refractivity contribution in [3.8, 4) is 0 Å². The Hall–Kier alpha value is -2.29. The average Bonchev–Trinajstić information content (AvgIpc) is 2.75. The first-order valence-corrected chi connectivity index (χ1v) is 13.2. The zero-order chi connectivity index (χ0) is 24.6. The minimum absolute atomic E-state index is 0.0979. The summed E-state index contributed by atoms with van der Waals surface area (Å²) in [5.74, 6) is -0.836. The van der Waals surface area contributed by atoms with Crippen molar-refractivity contribution in [1.29, 1.82) is 0 Å². The van der Waals surface area contributed by atoms with Gasteiger partial charge in [0.1, 0.15) is 12.6 Å². The molecule has 0 aliphatic rings. The normalized spacial score (nSPS) is 12.2. The molecular formula is C23H29Cl2N3O4S. The van der Waals surface area contributed by atoms with Crippen LogP contribution in [0.1, 0.15) is 32.3 Å². The van der Waals surface area contributed by atoms with Crippen molar-refractivity contribution in [1.82, 2.24) is 10.2 Å². The number of carbonyl (C=O) groups is 2. The van der Waals surface area contributed by atoms with Gasteiger partial charge in [-0.25, -0.2) is 8.42 Å². The maximum Gasteiger partial charge on any atom is 0.244 e. The first kappa shape index (κ1) is 27.0. The summed E-state index contributed by atoms with van der Waals surface area (Å²) in [6.45, 7) is 3.78. The minimum atomic E-state index is -3.86. The maximum absolute atomic E-state index is 13.4. The van der Waals surface area contributed by atoms with Crippen LogP contribution in [0.5, 0.6) is 0 Å². The predicted molar refractivity (Wildman–Crippen MR) is 133 cm³/mol. The lowest BCUT2D eigenvalue weighted by molar-refractivity contribution is -0.139. The van der Waals surface area contributed by atoms with E-state index in [9.17, 15) is 18.0 Å². The Bertz CT molecular complexity index is 1060. The molecule has 2 aromatic carbocycles. The number of amides is 2. The smallest absolute Gasteiger partial charge is 0.244 e. The molecule has 0 bridgehead atoms. The van der Waals surface area contributed by atoms with Gasteiger partial charge in [0, 0.05) is 18.1 Å². The van der Waals surface area contributed by atoms with E-state index in [1.807, 2.05) is 37.3 Å². The molecule has 0 aliphatic heterocycles. The number of sulfonamides is 1. The van der Waals surface area contributed by atoms with E-state index in [2.05, 4.69) is 5.32 Å². The Morgan fingerprint density at radius 3 is 2.33 bits per heavy atom. The standard InChI is InChI=1S/C23H29Cl2N3O4S/c1-4-5-13-26-23(30)17(2)27(15-18-9-7-6-8-10-18)22(29)16-28(33(3,31)32)21-12-11-19(24)14-20(21)25/h6-12,14,17H,4-5,13,15-16H2,1-3H3,(H,26,30)/t17-/m1/s1. The molecule has 180 valence electrons. The predicted octanol–water partition coefficient (Wildman–Crippen LogP) is 4.09. The summed E-state index contributed by atoms with van der Waals surface area (Å²) >= 11 is 12.2. The van der Waals surface area contributed by atoms with Crippen LogP contribution in [-0.2, 0) is 26.2 Å². The number of nitrogens with one attached hydrogen (secondary N) is 1. The van der Waals surface area contributed by atoms with Gasteiger partial charge in [0.15, 0.2) is 0 Å². The second-order valence-corrected chi connectivity index (χ2v) is 10.4. The highest BCUT2D eigenvalue weighted by atomic mass is 35.5. The lowest BCUT2D eigenvalue weighted by Crippen LogP contribution is -2.51. The molecule has 0 fully saturated rings. The number of hydrogen-bond donors (Lipinski definition) is 1. The van der Waals surface area contributed by atoms with Gasteiger partial charge >= 0.3 is 0 Å². The third-order valence-corrected chi connectivity index (χ3v) is 6.71. The first-order valence-electron chi connectivity index (χ1n) is 10.6. The van der Waals surface area contributed by atoms with Crippen molar-refractivity contribution in [2.45, 2.75) is 39.3 Å². The number of unbranched alkanes of at least 4 members (excludes halogenated alkanes) is 1. The average molecular weight is 514 g/mol. The number of benzene rings is 2. The summed E-state index contributed by atoms with van der Waals surface area (Å²) in [6.07, 6.45) is 2.74. The summed E-state index contributed by atoms with van der Waals surface area (Å²) in [4.78, 5) is 27.5. The molecular weight excluding hydrogens is 485 g/mol. The van der Waals surface area contributed by atoms with E-state index in [-0.39, 0.29) is 23.2 Å². The fraction of sp³-hybridized carbons (Fsp3) is 0.391. The maximum atomic E-state index is 13.4. The fourth-order valence-corrected chi connectivity index (χ4v) is 4.60. The van der Waals surface area contributed by atoms with Crippen LogP contribution in [-0.4, -0.2) is 50.5 Å². The van der Waals surface area contributed by atoms with E-state index in [0.717, 1.165) is 29.0 Å². The van der Waals surface area contributed by atoms with Crippen LogP contribution in [0.25, 0.3) is 0 Å². The van der Waals surface area contributed by atoms with Crippen molar-refractivity contribution < 1.29 is 18.0 Å². The monoisotopic (exact) mass is 513 g/mol. The molecule has 0 saturated carbocycles. The van der Waals surface area contributed by atoms with E-state index < -0.39 is 28.5 Å². The van der Waals surface area contributed by atoms with Crippen molar-refractivity contribution >= 4 is 50.7 Å². The van der Waals surface area contributed by atoms with Gasteiger partial charge in [-0.2, -0.15) is 0 Å². The third-order valence-electron chi connectivity index (χ3n) is 5.05. The Morgan fingerprint density at radius 1 is 1.09 bits per heavy atom. The second kappa shape index (κ2) is 12.3. The van der Waals surface area contributed by atoms with Crippen LogP contribution < -0.4 is 9.62 Å². The number of carbonyl (C=O) groups excluding carboxylic acids is 2. The summed E-state index contributed by atoms with van der Waals surface area (Å²) in [6, 6.07) is 12.7. The Balaban J connectivity index is 2.35. The number of halogens is 2. The van der Waals surface area contributed by atoms with Gasteiger partial charge in [0.05, 0.1) is 17.0 Å². The summed E-state index contributed by atoms with van der Waals surface area (Å²) in [7, 11) is -3.86. The van der Waals surface area contributed by atoms with Crippen molar-refractivity contribution in [2.24, 2.45) is 0 Å². The zero-order valence-corrected chi connectivity index (χ0v) is 21.3. The number of rotatable bonds is 11. The second-order valence-electron chi connectivity index (χ2n) is 7.69. The number of nitrogens with zero attached hydrogens (tertiary/aromatic N) is 2. The van der Waals surface area contributed by atoms with Crippen molar-refractivity contribution in [2.75, 3.05) is 23.7 Å². The quantitative estimate of drug-likeness (QED) is 0.458. The van der Waals surface area contributed by atoms with Crippen molar-refractivity contribution in [3.63, 3.8) is 0 Å². The van der Waals surface area contributed by atoms with E-state index >= 15 is 0 Å². The summed E-state index contributed by atoms with van der Waals surface area (Å²) in [5.41, 5.74) is 0.950. The van der Waals surface area contributed by atoms with Crippen LogP contribution in [0.3, 0.4) is 0 Å². The molecule has 0 heterocycles. The van der Waals surface area contributed by atoms with Gasteiger partial charge in [0.2, 0.25) is 21.8 Å². The van der Waals surface area contributed by atoms with Crippen LogP contribution >= 0.6 is 23.2 Å². The Labute approximate surface area is 205 Å². The van der Waals surface area contributed by atoms with E-state index in [1.165, 1.54) is 23.1 Å². The van der Waals surface area contributed by atoms with Crippen LogP contribution in [0.4, 0.5) is 5.69 Å². The van der Waals surface area contributed by atoms with Crippen LogP contribution in [0, 0.1) is 0 Å². The highest BCUT2D eigenvalue weighted by Crippen LogP contribution is 2.30. The lowest BCUT2D eigenvalue weighted by Gasteiger charge is -2.31. The molecule has 10 heteroatoms. The van der Waals surface area contributed by atoms with Gasteiger partial charge < -0.3 is 10.2 Å². The molecule has 0 unspecified atom stereocenters. The van der Waals surface area contributed by atoms with Gasteiger partial charge in [-0.15, -0.1) is 0 Å². The highest BCUT2D eigenvalue weighted by molar-refractivity contribution is 7.92. The number of hydrogen-bond acceptors (Lipinski definition) is 4. The Morgan fingerprint density at radius 2 is 1.76 bits per heavy atom. The highest BCUT2D eigenvalue weighted by Gasteiger charge is 2.30. The van der Waals surface area contributed by atoms with E-state index in [0.29, 0.717) is 11.6 Å². The zero-order valence-electron chi connectivity index (χ0n) is 18.9. The minimum Gasteiger partial charge on any atom is -0.354 e. The molecule has 1 N–H and O–H groups in total. The van der Waals surface area contributed by atoms with Gasteiger partial charge in [-0.3, -0.25) is 13.9 Å². The molecule has 7 nitrogen and oxygen atoms in total. The first-order chi connectivity index (χ1) is 15.5. The van der Waals surface area contributed by atoms with Crippen LogP contribution in [0.2, 0.25) is 10.0 Å². The van der Waals surface area contributed by atoms with E-state index in [1.54, 1.807) is 6.92 Å². The molecule has 2 rings (SSSR count). The molecule has 0 aliphatic carbocycles. The SMILES string of the molecule is CCCCNC(=O)[C@@H](C)N(Cc1ccccc1)C(=O)CN(c1ccc(Cl)cc1Cl)S(C)(=O)=O.